The van der Waals surface area contributed by atoms with Crippen molar-refractivity contribution in [2.24, 2.45) is 0 Å². The Balaban J connectivity index is 1.76. The van der Waals surface area contributed by atoms with Crippen LogP contribution in [0.3, 0.4) is 0 Å². The van der Waals surface area contributed by atoms with Gasteiger partial charge in [0.1, 0.15) is 0 Å². The van der Waals surface area contributed by atoms with Crippen LogP contribution in [0.1, 0.15) is 37.8 Å². The Morgan fingerprint density at radius 1 is 1.05 bits per heavy atom. The molecule has 3 rings (SSSR count). The summed E-state index contributed by atoms with van der Waals surface area (Å²) in [6.45, 7) is 5.34. The van der Waals surface area contributed by atoms with E-state index in [2.05, 4.69) is 44.2 Å². The van der Waals surface area contributed by atoms with Crippen molar-refractivity contribution in [3.63, 3.8) is 0 Å². The molecule has 0 radical (unpaired) electrons. The van der Waals surface area contributed by atoms with E-state index in [9.17, 15) is 4.79 Å². The highest BCUT2D eigenvalue weighted by Crippen LogP contribution is 2.39. The van der Waals surface area contributed by atoms with E-state index in [4.69, 9.17) is 0 Å². The third-order valence-electron chi connectivity index (χ3n) is 4.66. The fourth-order valence-corrected chi connectivity index (χ4v) is 3.22. The van der Waals surface area contributed by atoms with Crippen LogP contribution in [0, 0.1) is 0 Å². The van der Waals surface area contributed by atoms with Crippen molar-refractivity contribution in [1.82, 2.24) is 0 Å². The van der Waals surface area contributed by atoms with E-state index in [0.29, 0.717) is 6.42 Å². The Bertz CT molecular complexity index is 660. The van der Waals surface area contributed by atoms with Crippen molar-refractivity contribution < 1.29 is 4.79 Å². The first-order valence-electron chi connectivity index (χ1n) is 8.02. The monoisotopic (exact) mass is 293 g/mol. The molecule has 0 unspecified atom stereocenters. The lowest BCUT2D eigenvalue weighted by Crippen LogP contribution is -2.41. The molecule has 1 aliphatic heterocycles. The van der Waals surface area contributed by atoms with Crippen LogP contribution in [-0.4, -0.2) is 12.5 Å². The molecule has 0 spiro atoms. The van der Waals surface area contributed by atoms with E-state index in [1.807, 2.05) is 29.2 Å². The first-order chi connectivity index (χ1) is 10.6. The number of carbonyl (C=O) groups is 1. The minimum Gasteiger partial charge on any atom is -0.312 e. The molecule has 1 amide bonds. The molecule has 2 aromatic carbocycles. The molecule has 0 atom stereocenters. The smallest absolute Gasteiger partial charge is 0.227 e. The zero-order chi connectivity index (χ0) is 15.6. The third-order valence-corrected chi connectivity index (χ3v) is 4.66. The van der Waals surface area contributed by atoms with Crippen LogP contribution < -0.4 is 4.90 Å². The second-order valence-corrected chi connectivity index (χ2v) is 6.68. The maximum atomic E-state index is 12.7. The van der Waals surface area contributed by atoms with Gasteiger partial charge >= 0.3 is 0 Å². The van der Waals surface area contributed by atoms with Crippen molar-refractivity contribution in [3.05, 3.63) is 65.7 Å². The largest absolute Gasteiger partial charge is 0.312 e. The first kappa shape index (κ1) is 14.8. The van der Waals surface area contributed by atoms with E-state index >= 15 is 0 Å². The SMILES string of the molecule is CC1(C)CCN(C(=O)CCc2ccccc2)c2ccccc21. The van der Waals surface area contributed by atoms with Crippen molar-refractivity contribution >= 4 is 11.6 Å². The Morgan fingerprint density at radius 2 is 1.73 bits per heavy atom. The number of nitrogens with zero attached hydrogens (tertiary/aromatic N) is 1. The summed E-state index contributed by atoms with van der Waals surface area (Å²) in [4.78, 5) is 14.6. The lowest BCUT2D eigenvalue weighted by molar-refractivity contribution is -0.118. The molecule has 114 valence electrons. The molecule has 0 bridgehead atoms. The Morgan fingerprint density at radius 3 is 2.50 bits per heavy atom. The van der Waals surface area contributed by atoms with E-state index in [1.165, 1.54) is 11.1 Å². The summed E-state index contributed by atoms with van der Waals surface area (Å²) in [6.07, 6.45) is 2.39. The quantitative estimate of drug-likeness (QED) is 0.824. The predicted molar refractivity (Wildman–Crippen MR) is 91.2 cm³/mol. The van der Waals surface area contributed by atoms with E-state index in [0.717, 1.165) is 25.1 Å². The molecule has 2 heteroatoms. The van der Waals surface area contributed by atoms with Gasteiger partial charge in [0, 0.05) is 18.7 Å². The van der Waals surface area contributed by atoms with Gasteiger partial charge in [-0.05, 0) is 35.4 Å². The maximum Gasteiger partial charge on any atom is 0.227 e. The van der Waals surface area contributed by atoms with Gasteiger partial charge in [0.25, 0.3) is 0 Å². The summed E-state index contributed by atoms with van der Waals surface area (Å²) in [5.74, 6) is 0.229. The number of rotatable bonds is 3. The number of fused-ring (bicyclic) bond motifs is 1. The minimum absolute atomic E-state index is 0.146. The number of para-hydroxylation sites is 1. The Labute approximate surface area is 132 Å². The summed E-state index contributed by atoms with van der Waals surface area (Å²) >= 11 is 0. The highest BCUT2D eigenvalue weighted by molar-refractivity contribution is 5.95. The molecule has 2 aromatic rings. The van der Waals surface area contributed by atoms with Gasteiger partial charge in [-0.1, -0.05) is 62.4 Å². The average molecular weight is 293 g/mol. The highest BCUT2D eigenvalue weighted by atomic mass is 16.2. The number of amides is 1. The maximum absolute atomic E-state index is 12.7. The van der Waals surface area contributed by atoms with Crippen LogP contribution in [0.2, 0.25) is 0 Å². The van der Waals surface area contributed by atoms with Crippen LogP contribution in [0.5, 0.6) is 0 Å². The van der Waals surface area contributed by atoms with Crippen LogP contribution >= 0.6 is 0 Å². The number of hydrogen-bond donors (Lipinski definition) is 0. The molecule has 0 saturated heterocycles. The van der Waals surface area contributed by atoms with Gasteiger partial charge in [0.2, 0.25) is 5.91 Å². The minimum atomic E-state index is 0.146. The van der Waals surface area contributed by atoms with Crippen molar-refractivity contribution in [1.29, 1.82) is 0 Å². The standard InChI is InChI=1S/C20H23NO/c1-20(2)14-15-21(18-11-7-6-10-17(18)20)19(22)13-12-16-8-4-3-5-9-16/h3-11H,12-15H2,1-2H3. The lowest BCUT2D eigenvalue weighted by Gasteiger charge is -2.39. The Hall–Kier alpha value is -2.09. The first-order valence-corrected chi connectivity index (χ1v) is 8.02. The molecule has 22 heavy (non-hydrogen) atoms. The number of carbonyl (C=O) groups excluding carboxylic acids is 1. The Kier molecular flexibility index (Phi) is 4.02. The van der Waals surface area contributed by atoms with Gasteiger partial charge in [-0.2, -0.15) is 0 Å². The van der Waals surface area contributed by atoms with Crippen molar-refractivity contribution in [2.75, 3.05) is 11.4 Å². The van der Waals surface area contributed by atoms with E-state index < -0.39 is 0 Å². The molecule has 0 aromatic heterocycles. The van der Waals surface area contributed by atoms with Crippen LogP contribution in [0.25, 0.3) is 0 Å². The van der Waals surface area contributed by atoms with E-state index in [1.54, 1.807) is 0 Å². The summed E-state index contributed by atoms with van der Waals surface area (Å²) < 4.78 is 0. The van der Waals surface area contributed by atoms with Crippen LogP contribution in [-0.2, 0) is 16.6 Å². The van der Waals surface area contributed by atoms with Gasteiger partial charge in [0.05, 0.1) is 0 Å². The average Bonchev–Trinajstić information content (AvgIpc) is 2.54. The summed E-state index contributed by atoms with van der Waals surface area (Å²) in [7, 11) is 0. The number of aryl methyl sites for hydroxylation is 1. The summed E-state index contributed by atoms with van der Waals surface area (Å²) in [5, 5.41) is 0. The van der Waals surface area contributed by atoms with Gasteiger partial charge in [0.15, 0.2) is 0 Å². The fraction of sp³-hybridized carbons (Fsp3) is 0.350. The van der Waals surface area contributed by atoms with Crippen LogP contribution in [0.4, 0.5) is 5.69 Å². The highest BCUT2D eigenvalue weighted by Gasteiger charge is 2.32. The molecular weight excluding hydrogens is 270 g/mol. The molecular formula is C20H23NO. The fourth-order valence-electron chi connectivity index (χ4n) is 3.22. The zero-order valence-electron chi connectivity index (χ0n) is 13.4. The van der Waals surface area contributed by atoms with Gasteiger partial charge in [-0.25, -0.2) is 0 Å². The van der Waals surface area contributed by atoms with Crippen molar-refractivity contribution in [2.45, 2.75) is 38.5 Å². The van der Waals surface area contributed by atoms with Crippen molar-refractivity contribution in [3.8, 4) is 0 Å². The molecule has 1 aliphatic rings. The number of benzene rings is 2. The lowest BCUT2D eigenvalue weighted by atomic mass is 9.77. The predicted octanol–water partition coefficient (Wildman–Crippen LogP) is 4.33. The summed E-state index contributed by atoms with van der Waals surface area (Å²) in [5.41, 5.74) is 3.75. The summed E-state index contributed by atoms with van der Waals surface area (Å²) in [6, 6.07) is 18.6. The number of anilines is 1. The molecule has 0 fully saturated rings. The van der Waals surface area contributed by atoms with Gasteiger partial charge in [-0.3, -0.25) is 4.79 Å². The second-order valence-electron chi connectivity index (χ2n) is 6.68. The topological polar surface area (TPSA) is 20.3 Å². The molecule has 0 saturated carbocycles. The third kappa shape index (κ3) is 2.92. The van der Waals surface area contributed by atoms with Gasteiger partial charge < -0.3 is 4.90 Å². The van der Waals surface area contributed by atoms with Crippen LogP contribution in [0.15, 0.2) is 54.6 Å². The normalized spacial score (nSPS) is 16.2. The van der Waals surface area contributed by atoms with Gasteiger partial charge in [-0.15, -0.1) is 0 Å². The molecule has 1 heterocycles. The molecule has 0 aliphatic carbocycles. The second kappa shape index (κ2) is 5.96. The zero-order valence-corrected chi connectivity index (χ0v) is 13.4. The molecule has 2 nitrogen and oxygen atoms in total. The molecule has 0 N–H and O–H groups in total. The van der Waals surface area contributed by atoms with E-state index in [-0.39, 0.29) is 11.3 Å². The number of hydrogen-bond acceptors (Lipinski definition) is 1.